The minimum Gasteiger partial charge on any atom is -0.361 e. The van der Waals surface area contributed by atoms with Gasteiger partial charge in [0.25, 0.3) is 0 Å². The number of hydrogen-bond acceptors (Lipinski definition) is 2. The van der Waals surface area contributed by atoms with E-state index in [4.69, 9.17) is 0 Å². The quantitative estimate of drug-likeness (QED) is 0.516. The normalized spacial score (nSPS) is 10.6. The van der Waals surface area contributed by atoms with Crippen molar-refractivity contribution < 1.29 is 4.92 Å². The zero-order chi connectivity index (χ0) is 8.27. The summed E-state index contributed by atoms with van der Waals surface area (Å²) in [6.45, 7) is 1.89. The van der Waals surface area contributed by atoms with Crippen LogP contribution < -0.4 is 0 Å². The summed E-state index contributed by atoms with van der Waals surface area (Å²) in [6.07, 6.45) is 4.10. The first-order chi connectivity index (χ1) is 5.20. The van der Waals surface area contributed by atoms with Crippen molar-refractivity contribution in [3.8, 4) is 0 Å². The van der Waals surface area contributed by atoms with E-state index < -0.39 is 4.92 Å². The fourth-order valence-electron chi connectivity index (χ4n) is 0.775. The van der Waals surface area contributed by atoms with Gasteiger partial charge in [-0.3, -0.25) is 10.1 Å². The van der Waals surface area contributed by atoms with Gasteiger partial charge in [-0.05, 0) is 18.6 Å². The molecule has 1 N–H and O–H groups in total. The van der Waals surface area contributed by atoms with Crippen LogP contribution in [-0.2, 0) is 0 Å². The van der Waals surface area contributed by atoms with E-state index in [1.807, 2.05) is 13.0 Å². The molecule has 4 nitrogen and oxygen atoms in total. The molecule has 0 aliphatic rings. The lowest BCUT2D eigenvalue weighted by Gasteiger charge is -1.85. The first-order valence-corrected chi connectivity index (χ1v) is 3.16. The van der Waals surface area contributed by atoms with Crippen LogP contribution in [0, 0.1) is 17.0 Å². The van der Waals surface area contributed by atoms with Crippen molar-refractivity contribution in [1.82, 2.24) is 4.98 Å². The Morgan fingerprint density at radius 3 is 2.91 bits per heavy atom. The van der Waals surface area contributed by atoms with Gasteiger partial charge in [0, 0.05) is 18.0 Å². The first kappa shape index (κ1) is 7.53. The summed E-state index contributed by atoms with van der Waals surface area (Å²) >= 11 is 0. The van der Waals surface area contributed by atoms with Gasteiger partial charge in [-0.1, -0.05) is 0 Å². The molecule has 0 aromatic carbocycles. The average molecular weight is 152 g/mol. The zero-order valence-electron chi connectivity index (χ0n) is 6.07. The largest absolute Gasteiger partial charge is 0.361 e. The Morgan fingerprint density at radius 1 is 1.73 bits per heavy atom. The smallest absolute Gasteiger partial charge is 0.236 e. The summed E-state index contributed by atoms with van der Waals surface area (Å²) in [6, 6.07) is 1.86. The number of rotatable bonds is 2. The Kier molecular flexibility index (Phi) is 2.06. The summed E-state index contributed by atoms with van der Waals surface area (Å²) in [7, 11) is 0. The van der Waals surface area contributed by atoms with Crippen molar-refractivity contribution in [2.45, 2.75) is 6.92 Å². The van der Waals surface area contributed by atoms with E-state index in [0.29, 0.717) is 0 Å². The Hall–Kier alpha value is -1.58. The second-order valence-corrected chi connectivity index (χ2v) is 2.18. The summed E-state index contributed by atoms with van der Waals surface area (Å²) in [5.74, 6) is 0. The number of hydrogen-bond donors (Lipinski definition) is 1. The predicted molar refractivity (Wildman–Crippen MR) is 41.6 cm³/mol. The fourth-order valence-corrected chi connectivity index (χ4v) is 0.775. The van der Waals surface area contributed by atoms with Crippen LogP contribution in [0.2, 0.25) is 0 Å². The SMILES string of the molecule is Cc1cc[nH]c1C=C[N+](=O)[O-]. The summed E-state index contributed by atoms with van der Waals surface area (Å²) in [5, 5.41) is 9.91. The van der Waals surface area contributed by atoms with E-state index in [2.05, 4.69) is 4.98 Å². The average Bonchev–Trinajstić information content (AvgIpc) is 2.31. The molecule has 0 spiro atoms. The highest BCUT2D eigenvalue weighted by Crippen LogP contribution is 2.05. The van der Waals surface area contributed by atoms with Gasteiger partial charge in [0.1, 0.15) is 0 Å². The predicted octanol–water partition coefficient (Wildman–Crippen LogP) is 1.57. The van der Waals surface area contributed by atoms with Gasteiger partial charge in [-0.25, -0.2) is 0 Å². The van der Waals surface area contributed by atoms with Crippen LogP contribution >= 0.6 is 0 Å². The van der Waals surface area contributed by atoms with Gasteiger partial charge in [0.05, 0.1) is 4.92 Å². The highest BCUT2D eigenvalue weighted by atomic mass is 16.6. The number of H-pyrrole nitrogens is 1. The lowest BCUT2D eigenvalue weighted by molar-refractivity contribution is -0.401. The number of nitro groups is 1. The molecule has 1 aromatic heterocycles. The van der Waals surface area contributed by atoms with E-state index in [9.17, 15) is 10.1 Å². The van der Waals surface area contributed by atoms with Gasteiger partial charge in [0.15, 0.2) is 0 Å². The summed E-state index contributed by atoms with van der Waals surface area (Å²) in [5.41, 5.74) is 1.78. The zero-order valence-corrected chi connectivity index (χ0v) is 6.07. The van der Waals surface area contributed by atoms with E-state index in [-0.39, 0.29) is 0 Å². The second-order valence-electron chi connectivity index (χ2n) is 2.18. The van der Waals surface area contributed by atoms with Crippen LogP contribution in [0.1, 0.15) is 11.3 Å². The maximum Gasteiger partial charge on any atom is 0.236 e. The third-order valence-electron chi connectivity index (χ3n) is 1.36. The molecular formula is C7H8N2O2. The van der Waals surface area contributed by atoms with Crippen molar-refractivity contribution in [2.75, 3.05) is 0 Å². The monoisotopic (exact) mass is 152 g/mol. The van der Waals surface area contributed by atoms with Gasteiger partial charge in [-0.2, -0.15) is 0 Å². The first-order valence-electron chi connectivity index (χ1n) is 3.16. The Morgan fingerprint density at radius 2 is 2.45 bits per heavy atom. The number of aryl methyl sites for hydroxylation is 1. The molecule has 4 heteroatoms. The molecule has 0 unspecified atom stereocenters. The van der Waals surface area contributed by atoms with Gasteiger partial charge >= 0.3 is 0 Å². The molecule has 0 aliphatic carbocycles. The minimum absolute atomic E-state index is 0.486. The summed E-state index contributed by atoms with van der Waals surface area (Å²) in [4.78, 5) is 12.3. The third-order valence-corrected chi connectivity index (χ3v) is 1.36. The lowest BCUT2D eigenvalue weighted by Crippen LogP contribution is -1.83. The van der Waals surface area contributed by atoms with E-state index in [1.165, 1.54) is 6.08 Å². The molecule has 0 aliphatic heterocycles. The number of nitrogens with zero attached hydrogens (tertiary/aromatic N) is 1. The van der Waals surface area contributed by atoms with Gasteiger partial charge in [0.2, 0.25) is 6.20 Å². The van der Waals surface area contributed by atoms with Crippen LogP contribution in [-0.4, -0.2) is 9.91 Å². The van der Waals surface area contributed by atoms with Crippen LogP contribution in [0.25, 0.3) is 6.08 Å². The molecule has 0 amide bonds. The van der Waals surface area contributed by atoms with Crippen molar-refractivity contribution in [2.24, 2.45) is 0 Å². The molecule has 0 saturated heterocycles. The molecule has 0 radical (unpaired) electrons. The topological polar surface area (TPSA) is 58.9 Å². The van der Waals surface area contributed by atoms with Gasteiger partial charge in [-0.15, -0.1) is 0 Å². The number of aromatic nitrogens is 1. The van der Waals surface area contributed by atoms with Crippen LogP contribution in [0.5, 0.6) is 0 Å². The molecule has 58 valence electrons. The van der Waals surface area contributed by atoms with E-state index in [1.54, 1.807) is 6.20 Å². The molecule has 1 aromatic rings. The molecular weight excluding hydrogens is 144 g/mol. The Balaban J connectivity index is 2.79. The van der Waals surface area contributed by atoms with E-state index in [0.717, 1.165) is 17.5 Å². The molecule has 1 heterocycles. The maximum atomic E-state index is 9.91. The minimum atomic E-state index is -0.486. The molecule has 1 rings (SSSR count). The molecule has 11 heavy (non-hydrogen) atoms. The van der Waals surface area contributed by atoms with Crippen LogP contribution in [0.4, 0.5) is 0 Å². The summed E-state index contributed by atoms with van der Waals surface area (Å²) < 4.78 is 0. The number of nitrogens with one attached hydrogen (secondary N) is 1. The highest BCUT2D eigenvalue weighted by Gasteiger charge is 1.94. The highest BCUT2D eigenvalue weighted by molar-refractivity contribution is 5.47. The van der Waals surface area contributed by atoms with Crippen molar-refractivity contribution in [3.63, 3.8) is 0 Å². The van der Waals surface area contributed by atoms with Crippen molar-refractivity contribution in [1.29, 1.82) is 0 Å². The lowest BCUT2D eigenvalue weighted by atomic mass is 10.3. The molecule has 0 saturated carbocycles. The Labute approximate surface area is 63.7 Å². The van der Waals surface area contributed by atoms with Crippen LogP contribution in [0.15, 0.2) is 18.5 Å². The Bertz CT molecular complexity index is 288. The van der Waals surface area contributed by atoms with Crippen molar-refractivity contribution in [3.05, 3.63) is 39.8 Å². The van der Waals surface area contributed by atoms with Crippen LogP contribution in [0.3, 0.4) is 0 Å². The van der Waals surface area contributed by atoms with E-state index >= 15 is 0 Å². The number of aromatic amines is 1. The molecule has 0 bridgehead atoms. The fraction of sp³-hybridized carbons (Fsp3) is 0.143. The van der Waals surface area contributed by atoms with Gasteiger partial charge < -0.3 is 4.98 Å². The maximum absolute atomic E-state index is 9.91. The molecule has 0 atom stereocenters. The molecule has 0 fully saturated rings. The second kappa shape index (κ2) is 3.01. The third kappa shape index (κ3) is 1.93. The standard InChI is InChI=1S/C7H8N2O2/c1-6-2-4-8-7(6)3-5-9(10)11/h2-5,8H,1H3. The van der Waals surface area contributed by atoms with Crippen molar-refractivity contribution >= 4 is 6.08 Å².